The molecule has 0 aliphatic carbocycles. The second-order valence-electron chi connectivity index (χ2n) is 5.01. The number of aliphatic hydroxyl groups excluding tert-OH is 1. The summed E-state index contributed by atoms with van der Waals surface area (Å²) in [5.41, 5.74) is 1.01. The van der Waals surface area contributed by atoms with Gasteiger partial charge in [-0.05, 0) is 18.9 Å². The fourth-order valence-electron chi connectivity index (χ4n) is 2.70. The van der Waals surface area contributed by atoms with Crippen molar-refractivity contribution in [3.05, 3.63) is 35.9 Å². The predicted octanol–water partition coefficient (Wildman–Crippen LogP) is 1.38. The maximum Gasteiger partial charge on any atom is 0.223 e. The average Bonchev–Trinajstić information content (AvgIpc) is 2.41. The molecule has 19 heavy (non-hydrogen) atoms. The Hall–Kier alpha value is -1.68. The molecular formula is C15H19NO3. The molecule has 1 aromatic rings. The summed E-state index contributed by atoms with van der Waals surface area (Å²) in [5.74, 6) is -0.184. The first kappa shape index (κ1) is 13.7. The first-order valence-corrected chi connectivity index (χ1v) is 6.58. The van der Waals surface area contributed by atoms with Gasteiger partial charge in [-0.25, -0.2) is 0 Å². The van der Waals surface area contributed by atoms with E-state index in [2.05, 4.69) is 0 Å². The number of piperidine rings is 1. The Morgan fingerprint density at radius 3 is 2.63 bits per heavy atom. The van der Waals surface area contributed by atoms with E-state index in [0.717, 1.165) is 5.56 Å². The van der Waals surface area contributed by atoms with Gasteiger partial charge in [0.2, 0.25) is 5.91 Å². The molecule has 2 rings (SSSR count). The molecule has 102 valence electrons. The van der Waals surface area contributed by atoms with Crippen molar-refractivity contribution in [2.75, 3.05) is 6.61 Å². The van der Waals surface area contributed by atoms with Crippen molar-refractivity contribution in [1.82, 2.24) is 4.90 Å². The van der Waals surface area contributed by atoms with E-state index in [1.165, 1.54) is 6.92 Å². The average molecular weight is 261 g/mol. The van der Waals surface area contributed by atoms with E-state index in [9.17, 15) is 14.7 Å². The summed E-state index contributed by atoms with van der Waals surface area (Å²) in [6.07, 6.45) is 0.929. The summed E-state index contributed by atoms with van der Waals surface area (Å²) in [7, 11) is 0. The summed E-state index contributed by atoms with van der Waals surface area (Å²) in [6.45, 7) is 1.82. The van der Waals surface area contributed by atoms with Crippen LogP contribution in [0.4, 0.5) is 0 Å². The van der Waals surface area contributed by atoms with Crippen LogP contribution in [0.5, 0.6) is 0 Å². The van der Waals surface area contributed by atoms with Crippen molar-refractivity contribution < 1.29 is 14.7 Å². The number of aliphatic hydroxyl groups is 1. The molecule has 4 nitrogen and oxygen atoms in total. The molecule has 1 heterocycles. The lowest BCUT2D eigenvalue weighted by molar-refractivity contribution is -0.144. The molecule has 1 aliphatic heterocycles. The van der Waals surface area contributed by atoms with Crippen LogP contribution in [-0.2, 0) is 16.1 Å². The third-order valence-corrected chi connectivity index (χ3v) is 3.76. The van der Waals surface area contributed by atoms with Gasteiger partial charge in [0, 0.05) is 18.9 Å². The predicted molar refractivity (Wildman–Crippen MR) is 71.3 cm³/mol. The highest BCUT2D eigenvalue weighted by Gasteiger charge is 2.37. The summed E-state index contributed by atoms with van der Waals surface area (Å²) in [6, 6.07) is 9.25. The first-order valence-electron chi connectivity index (χ1n) is 6.58. The number of hydrogen-bond donors (Lipinski definition) is 1. The molecule has 1 aromatic carbocycles. The number of Topliss-reactive ketones (excluding diaryl/α,β-unsaturated/α-hetero) is 1. The van der Waals surface area contributed by atoms with E-state index < -0.39 is 0 Å². The molecule has 1 amide bonds. The molecule has 0 spiro atoms. The van der Waals surface area contributed by atoms with Gasteiger partial charge in [0.1, 0.15) is 5.78 Å². The number of hydrogen-bond acceptors (Lipinski definition) is 3. The van der Waals surface area contributed by atoms with Gasteiger partial charge in [0.25, 0.3) is 0 Å². The van der Waals surface area contributed by atoms with Crippen molar-refractivity contribution in [3.63, 3.8) is 0 Å². The van der Waals surface area contributed by atoms with Gasteiger partial charge in [-0.15, -0.1) is 0 Å². The summed E-state index contributed by atoms with van der Waals surface area (Å²) < 4.78 is 0. The lowest BCUT2D eigenvalue weighted by atomic mass is 9.86. The summed E-state index contributed by atoms with van der Waals surface area (Å²) >= 11 is 0. The number of likely N-dealkylation sites (tertiary alicyclic amines) is 1. The van der Waals surface area contributed by atoms with Crippen molar-refractivity contribution in [1.29, 1.82) is 0 Å². The molecule has 4 heteroatoms. The molecule has 1 fully saturated rings. The third kappa shape index (κ3) is 3.01. The lowest BCUT2D eigenvalue weighted by Crippen LogP contribution is -2.51. The molecule has 0 aromatic heterocycles. The topological polar surface area (TPSA) is 57.6 Å². The fraction of sp³-hybridized carbons (Fsp3) is 0.467. The van der Waals surface area contributed by atoms with Crippen LogP contribution in [-0.4, -0.2) is 34.3 Å². The van der Waals surface area contributed by atoms with E-state index in [1.54, 1.807) is 4.90 Å². The quantitative estimate of drug-likeness (QED) is 0.890. The molecule has 0 radical (unpaired) electrons. The highest BCUT2D eigenvalue weighted by Crippen LogP contribution is 2.26. The standard InChI is InChI=1S/C15H19NO3/c1-11(18)13-7-8-15(19)16(14(13)10-17)9-12-5-3-2-4-6-12/h2-6,13-14,17H,7-10H2,1H3/t13-,14+/m0/s1. The van der Waals surface area contributed by atoms with Crippen LogP contribution in [0.2, 0.25) is 0 Å². The van der Waals surface area contributed by atoms with Crippen LogP contribution >= 0.6 is 0 Å². The third-order valence-electron chi connectivity index (χ3n) is 3.76. The van der Waals surface area contributed by atoms with Crippen LogP contribution in [0.3, 0.4) is 0 Å². The summed E-state index contributed by atoms with van der Waals surface area (Å²) in [5, 5.41) is 9.53. The van der Waals surface area contributed by atoms with Gasteiger partial charge in [-0.2, -0.15) is 0 Å². The van der Waals surface area contributed by atoms with Crippen LogP contribution in [0.25, 0.3) is 0 Å². The zero-order valence-electron chi connectivity index (χ0n) is 11.1. The Labute approximate surface area is 113 Å². The number of nitrogens with zero attached hydrogens (tertiary/aromatic N) is 1. The van der Waals surface area contributed by atoms with Gasteiger partial charge >= 0.3 is 0 Å². The number of carbonyl (C=O) groups excluding carboxylic acids is 2. The minimum Gasteiger partial charge on any atom is -0.394 e. The normalized spacial score (nSPS) is 23.5. The van der Waals surface area contributed by atoms with Crippen molar-refractivity contribution in [2.24, 2.45) is 5.92 Å². The Morgan fingerprint density at radius 1 is 1.37 bits per heavy atom. The first-order chi connectivity index (χ1) is 9.13. The van der Waals surface area contributed by atoms with Gasteiger partial charge in [0.05, 0.1) is 12.6 Å². The van der Waals surface area contributed by atoms with Crippen molar-refractivity contribution in [3.8, 4) is 0 Å². The van der Waals surface area contributed by atoms with E-state index >= 15 is 0 Å². The number of ketones is 1. The van der Waals surface area contributed by atoms with E-state index in [-0.39, 0.29) is 30.3 Å². The molecule has 0 bridgehead atoms. The fourth-order valence-corrected chi connectivity index (χ4v) is 2.70. The maximum absolute atomic E-state index is 12.0. The Balaban J connectivity index is 2.19. The smallest absolute Gasteiger partial charge is 0.223 e. The molecule has 1 saturated heterocycles. The SMILES string of the molecule is CC(=O)[C@@H]1CCC(=O)N(Cc2ccccc2)[C@@H]1CO. The number of rotatable bonds is 4. The van der Waals surface area contributed by atoms with Crippen LogP contribution in [0.1, 0.15) is 25.3 Å². The van der Waals surface area contributed by atoms with E-state index in [0.29, 0.717) is 19.4 Å². The Morgan fingerprint density at radius 2 is 2.05 bits per heavy atom. The number of benzene rings is 1. The number of carbonyl (C=O) groups is 2. The van der Waals surface area contributed by atoms with Crippen LogP contribution in [0, 0.1) is 5.92 Å². The monoisotopic (exact) mass is 261 g/mol. The zero-order chi connectivity index (χ0) is 13.8. The molecule has 1 aliphatic rings. The van der Waals surface area contributed by atoms with E-state index in [1.807, 2.05) is 30.3 Å². The van der Waals surface area contributed by atoms with Gasteiger partial charge < -0.3 is 10.0 Å². The summed E-state index contributed by atoms with van der Waals surface area (Å²) in [4.78, 5) is 25.3. The lowest BCUT2D eigenvalue weighted by Gasteiger charge is -2.39. The molecule has 2 atom stereocenters. The largest absolute Gasteiger partial charge is 0.394 e. The second-order valence-corrected chi connectivity index (χ2v) is 5.01. The highest BCUT2D eigenvalue weighted by molar-refractivity contribution is 5.84. The maximum atomic E-state index is 12.0. The van der Waals surface area contributed by atoms with Gasteiger partial charge in [0.15, 0.2) is 0 Å². The van der Waals surface area contributed by atoms with Crippen LogP contribution < -0.4 is 0 Å². The van der Waals surface area contributed by atoms with Gasteiger partial charge in [-0.3, -0.25) is 9.59 Å². The number of amides is 1. The molecule has 1 N–H and O–H groups in total. The second kappa shape index (κ2) is 5.97. The van der Waals surface area contributed by atoms with Gasteiger partial charge in [-0.1, -0.05) is 30.3 Å². The van der Waals surface area contributed by atoms with Crippen LogP contribution in [0.15, 0.2) is 30.3 Å². The Kier molecular flexibility index (Phi) is 4.32. The Bertz CT molecular complexity index is 458. The van der Waals surface area contributed by atoms with Crippen molar-refractivity contribution in [2.45, 2.75) is 32.4 Å². The molecule has 0 unspecified atom stereocenters. The van der Waals surface area contributed by atoms with Crippen molar-refractivity contribution >= 4 is 11.7 Å². The minimum absolute atomic E-state index is 0.0143. The minimum atomic E-state index is -0.390. The molecular weight excluding hydrogens is 242 g/mol. The molecule has 0 saturated carbocycles. The zero-order valence-corrected chi connectivity index (χ0v) is 11.1. The highest BCUT2D eigenvalue weighted by atomic mass is 16.3. The van der Waals surface area contributed by atoms with E-state index in [4.69, 9.17) is 0 Å².